The zero-order chi connectivity index (χ0) is 19.4. The molecule has 142 valence electrons. The van der Waals surface area contributed by atoms with E-state index in [1.165, 1.54) is 0 Å². The Kier molecular flexibility index (Phi) is 5.85. The van der Waals surface area contributed by atoms with Crippen molar-refractivity contribution in [2.24, 2.45) is 0 Å². The number of likely N-dealkylation sites (N-methyl/N-ethyl adjacent to an activating group) is 1. The molecule has 0 aliphatic rings. The maximum Gasteiger partial charge on any atom is 0.339 e. The van der Waals surface area contributed by atoms with Gasteiger partial charge in [0.2, 0.25) is 0 Å². The van der Waals surface area contributed by atoms with Crippen LogP contribution in [0.25, 0.3) is 21.6 Å². The Labute approximate surface area is 161 Å². The number of hydrogen-bond donors (Lipinski definition) is 0. The molecule has 27 heavy (non-hydrogen) atoms. The molecule has 3 rings (SSSR count). The van der Waals surface area contributed by atoms with E-state index in [1.807, 2.05) is 38.3 Å². The number of esters is 1. The summed E-state index contributed by atoms with van der Waals surface area (Å²) in [5.41, 5.74) is 1.69. The topological polar surface area (TPSA) is 77.3 Å². The summed E-state index contributed by atoms with van der Waals surface area (Å²) in [6.07, 6.45) is 1.62. The molecule has 0 fully saturated rings. The molecule has 3 heterocycles. The summed E-state index contributed by atoms with van der Waals surface area (Å²) < 4.78 is 7.05. The summed E-state index contributed by atoms with van der Waals surface area (Å²) in [7, 11) is 0. The Bertz CT molecular complexity index is 945. The molecular formula is C19H22N4O3S. The number of nitrogens with zero attached hydrogens (tertiary/aromatic N) is 4. The van der Waals surface area contributed by atoms with E-state index >= 15 is 0 Å². The minimum absolute atomic E-state index is 0.207. The Balaban J connectivity index is 1.94. The third kappa shape index (κ3) is 3.85. The van der Waals surface area contributed by atoms with Crippen LogP contribution in [0.3, 0.4) is 0 Å². The van der Waals surface area contributed by atoms with E-state index in [4.69, 9.17) is 4.74 Å². The standard InChI is InChI=1S/C19H22N4O3S/c1-4-22(5-2)17(24)12-26-19(25)13-10-15(16-8-7-9-27-16)21-18-14(13)11-20-23(18)6-3/h7-11H,4-6,12H2,1-3H3. The van der Waals surface area contributed by atoms with Crippen LogP contribution in [0.5, 0.6) is 0 Å². The smallest absolute Gasteiger partial charge is 0.339 e. The van der Waals surface area contributed by atoms with Crippen molar-refractivity contribution in [1.82, 2.24) is 19.7 Å². The molecule has 0 unspecified atom stereocenters. The number of rotatable bonds is 7. The van der Waals surface area contributed by atoms with Gasteiger partial charge in [0.25, 0.3) is 5.91 Å². The number of fused-ring (bicyclic) bond motifs is 1. The van der Waals surface area contributed by atoms with Crippen molar-refractivity contribution in [1.29, 1.82) is 0 Å². The minimum Gasteiger partial charge on any atom is -0.452 e. The van der Waals surface area contributed by atoms with Gasteiger partial charge in [-0.3, -0.25) is 4.79 Å². The van der Waals surface area contributed by atoms with Gasteiger partial charge in [-0.1, -0.05) is 6.07 Å². The van der Waals surface area contributed by atoms with Gasteiger partial charge in [-0.05, 0) is 38.3 Å². The van der Waals surface area contributed by atoms with Crippen molar-refractivity contribution in [3.63, 3.8) is 0 Å². The highest BCUT2D eigenvalue weighted by molar-refractivity contribution is 7.13. The molecule has 8 heteroatoms. The first-order valence-corrected chi connectivity index (χ1v) is 9.82. The number of thiophene rings is 1. The first-order chi connectivity index (χ1) is 13.1. The van der Waals surface area contributed by atoms with Gasteiger partial charge in [-0.2, -0.15) is 5.10 Å². The van der Waals surface area contributed by atoms with Crippen molar-refractivity contribution < 1.29 is 14.3 Å². The second-order valence-electron chi connectivity index (χ2n) is 5.87. The number of aromatic nitrogens is 3. The first-order valence-electron chi connectivity index (χ1n) is 8.94. The summed E-state index contributed by atoms with van der Waals surface area (Å²) in [6.45, 7) is 7.27. The van der Waals surface area contributed by atoms with E-state index < -0.39 is 5.97 Å². The fourth-order valence-corrected chi connectivity index (χ4v) is 3.56. The van der Waals surface area contributed by atoms with Crippen LogP contribution in [0, 0.1) is 0 Å². The van der Waals surface area contributed by atoms with E-state index in [-0.39, 0.29) is 12.5 Å². The predicted molar refractivity (Wildman–Crippen MR) is 105 cm³/mol. The van der Waals surface area contributed by atoms with Crippen LogP contribution in [-0.2, 0) is 16.1 Å². The molecule has 0 saturated heterocycles. The van der Waals surface area contributed by atoms with Crippen LogP contribution in [-0.4, -0.2) is 51.2 Å². The molecule has 0 N–H and O–H groups in total. The second-order valence-corrected chi connectivity index (χ2v) is 6.82. The van der Waals surface area contributed by atoms with Crippen LogP contribution in [0.2, 0.25) is 0 Å². The van der Waals surface area contributed by atoms with Gasteiger partial charge in [-0.25, -0.2) is 14.5 Å². The van der Waals surface area contributed by atoms with E-state index in [0.717, 1.165) is 4.88 Å². The van der Waals surface area contributed by atoms with Crippen molar-refractivity contribution >= 4 is 34.2 Å². The van der Waals surface area contributed by atoms with Crippen LogP contribution in [0.1, 0.15) is 31.1 Å². The highest BCUT2D eigenvalue weighted by atomic mass is 32.1. The minimum atomic E-state index is -0.545. The Morgan fingerprint density at radius 3 is 2.67 bits per heavy atom. The number of amides is 1. The molecule has 0 spiro atoms. The van der Waals surface area contributed by atoms with E-state index in [9.17, 15) is 9.59 Å². The highest BCUT2D eigenvalue weighted by Crippen LogP contribution is 2.28. The number of carbonyl (C=O) groups is 2. The molecule has 0 bridgehead atoms. The monoisotopic (exact) mass is 386 g/mol. The SMILES string of the molecule is CCN(CC)C(=O)COC(=O)c1cc(-c2cccs2)nc2c1cnn2CC. The predicted octanol–water partition coefficient (Wildman–Crippen LogP) is 3.20. The van der Waals surface area contributed by atoms with Gasteiger partial charge >= 0.3 is 5.97 Å². The van der Waals surface area contributed by atoms with Crippen LogP contribution < -0.4 is 0 Å². The zero-order valence-electron chi connectivity index (χ0n) is 15.6. The van der Waals surface area contributed by atoms with E-state index in [0.29, 0.717) is 41.9 Å². The maximum absolute atomic E-state index is 12.7. The quantitative estimate of drug-likeness (QED) is 0.583. The Morgan fingerprint density at radius 1 is 1.26 bits per heavy atom. The average Bonchev–Trinajstić information content (AvgIpc) is 3.35. The third-order valence-corrected chi connectivity index (χ3v) is 5.24. The van der Waals surface area contributed by atoms with Gasteiger partial charge in [0.05, 0.1) is 27.7 Å². The Hall–Kier alpha value is -2.74. The molecule has 0 aliphatic carbocycles. The van der Waals surface area contributed by atoms with Crippen molar-refractivity contribution in [2.45, 2.75) is 27.3 Å². The fraction of sp³-hybridized carbons (Fsp3) is 0.368. The summed E-state index contributed by atoms with van der Waals surface area (Å²) in [6, 6.07) is 5.59. The lowest BCUT2D eigenvalue weighted by Crippen LogP contribution is -2.34. The number of ether oxygens (including phenoxy) is 1. The van der Waals surface area contributed by atoms with Crippen molar-refractivity contribution in [3.8, 4) is 10.6 Å². The summed E-state index contributed by atoms with van der Waals surface area (Å²) >= 11 is 1.54. The van der Waals surface area contributed by atoms with Crippen molar-refractivity contribution in [2.75, 3.05) is 19.7 Å². The maximum atomic E-state index is 12.7. The molecule has 3 aromatic rings. The summed E-state index contributed by atoms with van der Waals surface area (Å²) in [4.78, 5) is 32.1. The lowest BCUT2D eigenvalue weighted by molar-refractivity contribution is -0.134. The largest absolute Gasteiger partial charge is 0.452 e. The van der Waals surface area contributed by atoms with E-state index in [2.05, 4.69) is 10.1 Å². The number of carbonyl (C=O) groups excluding carboxylic acids is 2. The molecule has 0 aromatic carbocycles. The summed E-state index contributed by atoms with van der Waals surface area (Å²) in [5, 5.41) is 6.88. The van der Waals surface area contributed by atoms with Gasteiger partial charge in [-0.15, -0.1) is 11.3 Å². The molecule has 3 aromatic heterocycles. The zero-order valence-corrected chi connectivity index (χ0v) is 16.5. The highest BCUT2D eigenvalue weighted by Gasteiger charge is 2.20. The number of pyridine rings is 1. The Morgan fingerprint density at radius 2 is 2.04 bits per heavy atom. The fourth-order valence-electron chi connectivity index (χ4n) is 2.87. The van der Waals surface area contributed by atoms with Gasteiger partial charge < -0.3 is 9.64 Å². The van der Waals surface area contributed by atoms with Crippen LogP contribution >= 0.6 is 11.3 Å². The number of aryl methyl sites for hydroxylation is 1. The lowest BCUT2D eigenvalue weighted by Gasteiger charge is -2.18. The lowest BCUT2D eigenvalue weighted by atomic mass is 10.1. The molecule has 1 amide bonds. The third-order valence-electron chi connectivity index (χ3n) is 4.35. The number of hydrogen-bond acceptors (Lipinski definition) is 6. The normalized spacial score (nSPS) is 10.9. The molecular weight excluding hydrogens is 364 g/mol. The molecule has 0 saturated carbocycles. The van der Waals surface area contributed by atoms with Gasteiger partial charge in [0.1, 0.15) is 0 Å². The van der Waals surface area contributed by atoms with Gasteiger partial charge in [0, 0.05) is 19.6 Å². The first kappa shape index (κ1) is 19.0. The molecule has 0 aliphatic heterocycles. The summed E-state index contributed by atoms with van der Waals surface area (Å²) in [5.74, 6) is -0.752. The molecule has 0 radical (unpaired) electrons. The van der Waals surface area contributed by atoms with Crippen LogP contribution in [0.4, 0.5) is 0 Å². The second kappa shape index (κ2) is 8.30. The molecule has 7 nitrogen and oxygen atoms in total. The molecule has 0 atom stereocenters. The van der Waals surface area contributed by atoms with E-state index in [1.54, 1.807) is 33.2 Å². The van der Waals surface area contributed by atoms with Crippen LogP contribution in [0.15, 0.2) is 29.8 Å². The van der Waals surface area contributed by atoms with Gasteiger partial charge in [0.15, 0.2) is 12.3 Å². The average molecular weight is 386 g/mol. The van der Waals surface area contributed by atoms with Crippen molar-refractivity contribution in [3.05, 3.63) is 35.3 Å².